The quantitative estimate of drug-likeness (QED) is 0.219. The number of carbonyl (C=O) groups is 5. The van der Waals surface area contributed by atoms with E-state index in [0.29, 0.717) is 13.0 Å². The summed E-state index contributed by atoms with van der Waals surface area (Å²) >= 11 is 0. The third-order valence-electron chi connectivity index (χ3n) is 4.44. The van der Waals surface area contributed by atoms with Gasteiger partial charge in [-0.2, -0.15) is 0 Å². The molecule has 1 aliphatic rings. The second kappa shape index (κ2) is 12.0. The molecule has 29 heavy (non-hydrogen) atoms. The highest BCUT2D eigenvalue weighted by Gasteiger charge is 2.30. The molecule has 164 valence electrons. The first kappa shape index (κ1) is 24.3. The number of nitrogens with two attached hydrogens (primary N) is 1. The maximum Gasteiger partial charge on any atom is 0.322 e. The molecule has 11 nitrogen and oxygen atoms in total. The van der Waals surface area contributed by atoms with Crippen molar-refractivity contribution in [1.82, 2.24) is 21.3 Å². The van der Waals surface area contributed by atoms with Crippen molar-refractivity contribution < 1.29 is 29.1 Å². The van der Waals surface area contributed by atoms with Gasteiger partial charge in [0.05, 0.1) is 6.04 Å². The summed E-state index contributed by atoms with van der Waals surface area (Å²) in [6.45, 7) is 3.83. The standard InChI is InChI=1S/C18H31N5O6/c1-10(2)8-13(16(27)21-9-15(25)26)23-18(29)12(5-6-14(19)24)22-17(28)11-4-3-7-20-11/h10-13,20H,3-9H2,1-2H3,(H2,19,24)(H,21,27)(H,22,28)(H,23,29)(H,25,26). The van der Waals surface area contributed by atoms with Crippen LogP contribution in [0.15, 0.2) is 0 Å². The highest BCUT2D eigenvalue weighted by Crippen LogP contribution is 2.09. The fraction of sp³-hybridized carbons (Fsp3) is 0.722. The van der Waals surface area contributed by atoms with Gasteiger partial charge in [0.1, 0.15) is 18.6 Å². The minimum atomic E-state index is -1.20. The van der Waals surface area contributed by atoms with Crippen LogP contribution in [-0.4, -0.2) is 65.9 Å². The summed E-state index contributed by atoms with van der Waals surface area (Å²) in [5.74, 6) is -3.40. The van der Waals surface area contributed by atoms with Gasteiger partial charge >= 0.3 is 5.97 Å². The molecule has 1 heterocycles. The molecular formula is C18H31N5O6. The van der Waals surface area contributed by atoms with E-state index in [9.17, 15) is 24.0 Å². The highest BCUT2D eigenvalue weighted by atomic mass is 16.4. The van der Waals surface area contributed by atoms with E-state index < -0.39 is 48.4 Å². The summed E-state index contributed by atoms with van der Waals surface area (Å²) < 4.78 is 0. The van der Waals surface area contributed by atoms with Crippen LogP contribution in [0.5, 0.6) is 0 Å². The predicted octanol–water partition coefficient (Wildman–Crippen LogP) is -1.78. The Hall–Kier alpha value is -2.69. The lowest BCUT2D eigenvalue weighted by atomic mass is 10.0. The number of amides is 4. The molecule has 1 aliphatic heterocycles. The van der Waals surface area contributed by atoms with Crippen LogP contribution in [-0.2, 0) is 24.0 Å². The van der Waals surface area contributed by atoms with E-state index in [-0.39, 0.29) is 31.1 Å². The van der Waals surface area contributed by atoms with Crippen LogP contribution in [0.2, 0.25) is 0 Å². The van der Waals surface area contributed by atoms with Crippen LogP contribution in [0, 0.1) is 5.92 Å². The van der Waals surface area contributed by atoms with Crippen molar-refractivity contribution in [1.29, 1.82) is 0 Å². The Morgan fingerprint density at radius 3 is 2.31 bits per heavy atom. The van der Waals surface area contributed by atoms with Gasteiger partial charge in [-0.25, -0.2) is 0 Å². The van der Waals surface area contributed by atoms with Gasteiger partial charge in [-0.1, -0.05) is 13.8 Å². The molecule has 7 N–H and O–H groups in total. The largest absolute Gasteiger partial charge is 0.480 e. The number of hydrogen-bond acceptors (Lipinski definition) is 6. The van der Waals surface area contributed by atoms with Crippen molar-refractivity contribution in [2.45, 2.75) is 64.1 Å². The monoisotopic (exact) mass is 413 g/mol. The smallest absolute Gasteiger partial charge is 0.322 e. The fourth-order valence-electron chi connectivity index (χ4n) is 3.00. The minimum absolute atomic E-state index is 0.00916. The Balaban J connectivity index is 2.82. The fourth-order valence-corrected chi connectivity index (χ4v) is 3.00. The Bertz CT molecular complexity index is 618. The van der Waals surface area contributed by atoms with Gasteiger partial charge in [0, 0.05) is 6.42 Å². The molecule has 0 saturated carbocycles. The van der Waals surface area contributed by atoms with Crippen LogP contribution in [0.4, 0.5) is 0 Å². The lowest BCUT2D eigenvalue weighted by Crippen LogP contribution is -2.56. The molecule has 3 unspecified atom stereocenters. The lowest BCUT2D eigenvalue weighted by Gasteiger charge is -2.24. The van der Waals surface area contributed by atoms with E-state index in [4.69, 9.17) is 10.8 Å². The SMILES string of the molecule is CC(C)CC(NC(=O)C(CCC(N)=O)NC(=O)C1CCCN1)C(=O)NCC(=O)O. The van der Waals surface area contributed by atoms with Crippen LogP contribution in [0.3, 0.4) is 0 Å². The van der Waals surface area contributed by atoms with Gasteiger partial charge in [-0.3, -0.25) is 24.0 Å². The number of rotatable bonds is 12. The summed E-state index contributed by atoms with van der Waals surface area (Å²) in [6.07, 6.45) is 1.64. The molecule has 0 radical (unpaired) electrons. The topological polar surface area (TPSA) is 180 Å². The van der Waals surface area contributed by atoms with Crippen LogP contribution in [0.1, 0.15) is 46.0 Å². The molecule has 0 aliphatic carbocycles. The third-order valence-corrected chi connectivity index (χ3v) is 4.44. The van der Waals surface area contributed by atoms with Crippen LogP contribution in [0.25, 0.3) is 0 Å². The molecule has 1 saturated heterocycles. The van der Waals surface area contributed by atoms with Gasteiger partial charge in [0.15, 0.2) is 0 Å². The van der Waals surface area contributed by atoms with E-state index in [1.165, 1.54) is 0 Å². The number of nitrogens with one attached hydrogen (secondary N) is 4. The van der Waals surface area contributed by atoms with Gasteiger partial charge in [-0.15, -0.1) is 0 Å². The van der Waals surface area contributed by atoms with Gasteiger partial charge in [0.2, 0.25) is 23.6 Å². The Morgan fingerprint density at radius 2 is 1.79 bits per heavy atom. The van der Waals surface area contributed by atoms with E-state index in [0.717, 1.165) is 6.42 Å². The van der Waals surface area contributed by atoms with Gasteiger partial charge < -0.3 is 32.1 Å². The molecule has 11 heteroatoms. The predicted molar refractivity (Wildman–Crippen MR) is 103 cm³/mol. The number of aliphatic carboxylic acids is 1. The van der Waals surface area contributed by atoms with E-state index in [1.807, 2.05) is 13.8 Å². The Kier molecular flexibility index (Phi) is 10.1. The van der Waals surface area contributed by atoms with Crippen LogP contribution < -0.4 is 27.0 Å². The normalized spacial score (nSPS) is 18.0. The van der Waals surface area contributed by atoms with Crippen molar-refractivity contribution >= 4 is 29.6 Å². The molecule has 4 amide bonds. The maximum atomic E-state index is 12.7. The Morgan fingerprint density at radius 1 is 1.10 bits per heavy atom. The zero-order valence-electron chi connectivity index (χ0n) is 16.8. The van der Waals surface area contributed by atoms with E-state index in [2.05, 4.69) is 21.3 Å². The first-order chi connectivity index (χ1) is 13.6. The average Bonchev–Trinajstić information content (AvgIpc) is 3.16. The summed E-state index contributed by atoms with van der Waals surface area (Å²) in [5.41, 5.74) is 5.16. The van der Waals surface area contributed by atoms with E-state index in [1.54, 1.807) is 0 Å². The summed E-state index contributed by atoms with van der Waals surface area (Å²) in [6, 6.07) is -2.43. The van der Waals surface area contributed by atoms with Crippen LogP contribution >= 0.6 is 0 Å². The van der Waals surface area contributed by atoms with Crippen molar-refractivity contribution in [3.8, 4) is 0 Å². The second-order valence-electron chi connectivity index (χ2n) is 7.52. The summed E-state index contributed by atoms with van der Waals surface area (Å²) in [5, 5.41) is 19.2. The van der Waals surface area contributed by atoms with Gasteiger partial charge in [-0.05, 0) is 38.1 Å². The zero-order chi connectivity index (χ0) is 22.0. The average molecular weight is 413 g/mol. The number of hydrogen-bond donors (Lipinski definition) is 6. The zero-order valence-corrected chi connectivity index (χ0v) is 16.8. The maximum absolute atomic E-state index is 12.7. The van der Waals surface area contributed by atoms with Crippen molar-refractivity contribution in [2.24, 2.45) is 11.7 Å². The number of carboxylic acid groups (broad SMARTS) is 1. The first-order valence-electron chi connectivity index (χ1n) is 9.72. The van der Waals surface area contributed by atoms with Gasteiger partial charge in [0.25, 0.3) is 0 Å². The molecule has 3 atom stereocenters. The van der Waals surface area contributed by atoms with Crippen molar-refractivity contribution in [3.05, 3.63) is 0 Å². The second-order valence-corrected chi connectivity index (χ2v) is 7.52. The Labute approximate surface area is 169 Å². The highest BCUT2D eigenvalue weighted by molar-refractivity contribution is 5.94. The van der Waals surface area contributed by atoms with E-state index >= 15 is 0 Å². The molecule has 0 bridgehead atoms. The third kappa shape index (κ3) is 9.37. The number of primary amides is 1. The number of carboxylic acids is 1. The van der Waals surface area contributed by atoms with Crippen molar-refractivity contribution in [3.63, 3.8) is 0 Å². The summed E-state index contributed by atoms with van der Waals surface area (Å²) in [7, 11) is 0. The molecule has 0 aromatic rings. The minimum Gasteiger partial charge on any atom is -0.480 e. The summed E-state index contributed by atoms with van der Waals surface area (Å²) in [4.78, 5) is 59.2. The molecule has 1 rings (SSSR count). The molecular weight excluding hydrogens is 382 g/mol. The molecule has 0 aromatic carbocycles. The molecule has 0 spiro atoms. The molecule has 1 fully saturated rings. The van der Waals surface area contributed by atoms with Crippen molar-refractivity contribution in [2.75, 3.05) is 13.1 Å². The first-order valence-corrected chi connectivity index (χ1v) is 9.72. The number of carbonyl (C=O) groups excluding carboxylic acids is 4. The molecule has 0 aromatic heterocycles. The lowest BCUT2D eigenvalue weighted by molar-refractivity contribution is -0.138.